The zero-order valence-corrected chi connectivity index (χ0v) is 19.6. The molecule has 0 aliphatic heterocycles. The summed E-state index contributed by atoms with van der Waals surface area (Å²) in [6.45, 7) is 9.87. The van der Waals surface area contributed by atoms with Crippen LogP contribution in [0.5, 0.6) is 0 Å². The molecule has 0 bridgehead atoms. The molecule has 0 aliphatic rings. The van der Waals surface area contributed by atoms with Crippen LogP contribution in [0, 0.1) is 3.57 Å². The number of fused-ring (bicyclic) bond motifs is 1. The van der Waals surface area contributed by atoms with Gasteiger partial charge < -0.3 is 4.90 Å². The first-order chi connectivity index (χ1) is 13.6. The lowest BCUT2D eigenvalue weighted by atomic mass is 10.2. The van der Waals surface area contributed by atoms with Crippen LogP contribution < -0.4 is 4.90 Å². The van der Waals surface area contributed by atoms with E-state index in [9.17, 15) is 4.79 Å². The Kier molecular flexibility index (Phi) is 7.42. The number of hydrogen-bond acceptors (Lipinski definition) is 4. The molecule has 0 atom stereocenters. The van der Waals surface area contributed by atoms with E-state index in [4.69, 9.17) is 4.98 Å². The number of benzene rings is 2. The van der Waals surface area contributed by atoms with Gasteiger partial charge in [-0.15, -0.1) is 0 Å². The van der Waals surface area contributed by atoms with Gasteiger partial charge in [0.05, 0.1) is 15.8 Å². The Labute approximate surface area is 184 Å². The maximum Gasteiger partial charge on any atom is 0.261 e. The Morgan fingerprint density at radius 1 is 1.07 bits per heavy atom. The van der Waals surface area contributed by atoms with E-state index < -0.39 is 0 Å². The molecule has 2 aromatic carbocycles. The van der Waals surface area contributed by atoms with E-state index in [0.717, 1.165) is 50.5 Å². The topological polar surface area (TPSA) is 36.4 Å². The van der Waals surface area contributed by atoms with Crippen molar-refractivity contribution in [2.75, 3.05) is 31.1 Å². The van der Waals surface area contributed by atoms with E-state index in [2.05, 4.69) is 66.5 Å². The summed E-state index contributed by atoms with van der Waals surface area (Å²) in [5, 5.41) is 0.778. The maximum atomic E-state index is 13.4. The number of amides is 1. The molecular formula is C22H26IN3OS. The van der Waals surface area contributed by atoms with Gasteiger partial charge >= 0.3 is 0 Å². The molecular weight excluding hydrogens is 481 g/mol. The number of aryl methyl sites for hydroxylation is 1. The number of likely N-dealkylation sites (N-methyl/N-ethyl adjacent to an activating group) is 1. The second kappa shape index (κ2) is 9.80. The van der Waals surface area contributed by atoms with Gasteiger partial charge in [0, 0.05) is 16.7 Å². The SMILES string of the molecule is CCc1ccc2nc(N(CCN(CC)CC)C(=O)c3ccccc3I)sc2c1. The molecule has 1 aromatic heterocycles. The highest BCUT2D eigenvalue weighted by Crippen LogP contribution is 2.31. The van der Waals surface area contributed by atoms with Gasteiger partial charge in [0.1, 0.15) is 0 Å². The summed E-state index contributed by atoms with van der Waals surface area (Å²) in [5.41, 5.74) is 2.98. The number of nitrogens with zero attached hydrogens (tertiary/aromatic N) is 3. The summed E-state index contributed by atoms with van der Waals surface area (Å²) in [6, 6.07) is 14.1. The molecule has 0 aliphatic carbocycles. The van der Waals surface area contributed by atoms with Crippen molar-refractivity contribution in [1.29, 1.82) is 0 Å². The van der Waals surface area contributed by atoms with Crippen molar-refractivity contribution in [3.05, 3.63) is 57.2 Å². The second-order valence-electron chi connectivity index (χ2n) is 6.62. The van der Waals surface area contributed by atoms with Gasteiger partial charge in [-0.2, -0.15) is 0 Å². The molecule has 1 heterocycles. The molecule has 6 heteroatoms. The van der Waals surface area contributed by atoms with Crippen molar-refractivity contribution < 1.29 is 4.79 Å². The number of thiazole rings is 1. The highest BCUT2D eigenvalue weighted by Gasteiger charge is 2.23. The Morgan fingerprint density at radius 2 is 1.82 bits per heavy atom. The molecule has 0 N–H and O–H groups in total. The van der Waals surface area contributed by atoms with E-state index in [1.54, 1.807) is 11.3 Å². The molecule has 3 rings (SSSR count). The van der Waals surface area contributed by atoms with Gasteiger partial charge in [0.25, 0.3) is 5.91 Å². The number of hydrogen-bond donors (Lipinski definition) is 0. The fourth-order valence-electron chi connectivity index (χ4n) is 3.14. The van der Waals surface area contributed by atoms with Gasteiger partial charge in [-0.25, -0.2) is 4.98 Å². The van der Waals surface area contributed by atoms with Crippen LogP contribution in [0.15, 0.2) is 42.5 Å². The van der Waals surface area contributed by atoms with Crippen molar-refractivity contribution in [1.82, 2.24) is 9.88 Å². The fraction of sp³-hybridized carbons (Fsp3) is 0.364. The standard InChI is InChI=1S/C22H26IN3OS/c1-4-16-11-12-19-20(15-16)28-22(24-19)26(14-13-25(5-2)6-3)21(27)17-9-7-8-10-18(17)23/h7-12,15H,4-6,13-14H2,1-3H3. The van der Waals surface area contributed by atoms with Gasteiger partial charge in [-0.1, -0.05) is 50.3 Å². The quantitative estimate of drug-likeness (QED) is 0.381. The first kappa shape index (κ1) is 21.2. The molecule has 1 amide bonds. The lowest BCUT2D eigenvalue weighted by Gasteiger charge is -2.25. The summed E-state index contributed by atoms with van der Waals surface area (Å²) >= 11 is 3.84. The van der Waals surface area contributed by atoms with Gasteiger partial charge in [0.15, 0.2) is 5.13 Å². The van der Waals surface area contributed by atoms with Gasteiger partial charge in [0.2, 0.25) is 0 Å². The minimum atomic E-state index is 0.0203. The molecule has 0 radical (unpaired) electrons. The molecule has 3 aromatic rings. The lowest BCUT2D eigenvalue weighted by molar-refractivity contribution is 0.0983. The molecule has 4 nitrogen and oxygen atoms in total. The summed E-state index contributed by atoms with van der Waals surface area (Å²) < 4.78 is 2.10. The van der Waals surface area contributed by atoms with Crippen molar-refractivity contribution in [3.8, 4) is 0 Å². The van der Waals surface area contributed by atoms with Crippen molar-refractivity contribution >= 4 is 55.2 Å². The zero-order valence-electron chi connectivity index (χ0n) is 16.6. The first-order valence-corrected chi connectivity index (χ1v) is 11.6. The van der Waals surface area contributed by atoms with Crippen LogP contribution in [0.4, 0.5) is 5.13 Å². The summed E-state index contributed by atoms with van der Waals surface area (Å²) in [4.78, 5) is 22.4. The number of rotatable bonds is 8. The molecule has 0 unspecified atom stereocenters. The fourth-order valence-corrected chi connectivity index (χ4v) is 4.81. The van der Waals surface area contributed by atoms with E-state index in [1.165, 1.54) is 5.56 Å². The van der Waals surface area contributed by atoms with Crippen LogP contribution >= 0.6 is 33.9 Å². The Hall–Kier alpha value is -1.51. The summed E-state index contributed by atoms with van der Waals surface area (Å²) in [5.74, 6) is 0.0203. The Morgan fingerprint density at radius 3 is 2.50 bits per heavy atom. The zero-order chi connectivity index (χ0) is 20.1. The van der Waals surface area contributed by atoms with Crippen molar-refractivity contribution in [3.63, 3.8) is 0 Å². The smallest absolute Gasteiger partial charge is 0.261 e. The monoisotopic (exact) mass is 507 g/mol. The van der Waals surface area contributed by atoms with E-state index in [-0.39, 0.29) is 5.91 Å². The number of carbonyl (C=O) groups is 1. The third kappa shape index (κ3) is 4.72. The number of halogens is 1. The minimum absolute atomic E-state index is 0.0203. The van der Waals surface area contributed by atoms with Gasteiger partial charge in [-0.05, 0) is 71.9 Å². The first-order valence-electron chi connectivity index (χ1n) is 9.75. The number of aromatic nitrogens is 1. The summed E-state index contributed by atoms with van der Waals surface area (Å²) in [6.07, 6.45) is 0.996. The van der Waals surface area contributed by atoms with Gasteiger partial charge in [-0.3, -0.25) is 9.69 Å². The van der Waals surface area contributed by atoms with Crippen molar-refractivity contribution in [2.45, 2.75) is 27.2 Å². The molecule has 28 heavy (non-hydrogen) atoms. The second-order valence-corrected chi connectivity index (χ2v) is 8.79. The molecule has 0 spiro atoms. The average molecular weight is 507 g/mol. The third-order valence-corrected chi connectivity index (χ3v) is 6.95. The van der Waals surface area contributed by atoms with Crippen molar-refractivity contribution in [2.24, 2.45) is 0 Å². The average Bonchev–Trinajstić information content (AvgIpc) is 3.14. The van der Waals surface area contributed by atoms with Crippen LogP contribution in [0.1, 0.15) is 36.7 Å². The normalized spacial score (nSPS) is 11.3. The largest absolute Gasteiger partial charge is 0.302 e. The maximum absolute atomic E-state index is 13.4. The van der Waals surface area contributed by atoms with E-state index in [1.807, 2.05) is 29.2 Å². The predicted molar refractivity (Wildman–Crippen MR) is 128 cm³/mol. The predicted octanol–water partition coefficient (Wildman–Crippen LogP) is 5.45. The van der Waals surface area contributed by atoms with Crippen LogP contribution in [-0.2, 0) is 6.42 Å². The van der Waals surface area contributed by atoms with E-state index >= 15 is 0 Å². The number of anilines is 1. The Balaban J connectivity index is 1.97. The highest BCUT2D eigenvalue weighted by molar-refractivity contribution is 14.1. The third-order valence-electron chi connectivity index (χ3n) is 4.96. The molecule has 148 valence electrons. The lowest BCUT2D eigenvalue weighted by Crippen LogP contribution is -2.39. The molecule has 0 saturated carbocycles. The Bertz CT molecular complexity index is 952. The van der Waals surface area contributed by atoms with Crippen LogP contribution in [-0.4, -0.2) is 42.0 Å². The number of carbonyl (C=O) groups excluding carboxylic acids is 1. The van der Waals surface area contributed by atoms with Crippen LogP contribution in [0.2, 0.25) is 0 Å². The summed E-state index contributed by atoms with van der Waals surface area (Å²) in [7, 11) is 0. The van der Waals surface area contributed by atoms with E-state index in [0.29, 0.717) is 6.54 Å². The highest BCUT2D eigenvalue weighted by atomic mass is 127. The molecule has 0 fully saturated rings. The minimum Gasteiger partial charge on any atom is -0.302 e. The molecule has 0 saturated heterocycles. The van der Waals surface area contributed by atoms with Crippen LogP contribution in [0.25, 0.3) is 10.2 Å². The van der Waals surface area contributed by atoms with Crippen LogP contribution in [0.3, 0.4) is 0 Å².